The molecule has 0 heterocycles. The quantitative estimate of drug-likeness (QED) is 0.664. The van der Waals surface area contributed by atoms with Crippen LogP contribution in [0.4, 0.5) is 0 Å². The molecule has 1 atom stereocenters. The maximum absolute atomic E-state index is 10.1. The molecule has 0 saturated heterocycles. The molecular weight excluding hydrogens is 265 g/mol. The molecule has 64 valence electrons. The fraction of sp³-hybridized carbons (Fsp3) is 0.222. The van der Waals surface area contributed by atoms with Crippen molar-refractivity contribution in [3.8, 4) is 0 Å². The Morgan fingerprint density at radius 1 is 1.42 bits per heavy atom. The first-order valence-electron chi connectivity index (χ1n) is 3.69. The highest BCUT2D eigenvalue weighted by molar-refractivity contribution is 14.1. The fourth-order valence-electron chi connectivity index (χ4n) is 0.950. The Hall–Kier alpha value is -0.580. The summed E-state index contributed by atoms with van der Waals surface area (Å²) < 4.78 is 1.20. The molecule has 3 heteroatoms. The highest BCUT2D eigenvalue weighted by atomic mass is 127. The van der Waals surface area contributed by atoms with Crippen molar-refractivity contribution in [3.05, 3.63) is 33.4 Å². The molecule has 0 radical (unpaired) electrons. The van der Waals surface area contributed by atoms with Gasteiger partial charge in [-0.2, -0.15) is 0 Å². The molecule has 1 N–H and O–H groups in total. The predicted molar refractivity (Wildman–Crippen MR) is 56.8 cm³/mol. The standard InChI is InChI=1S/C9H10INO/c1-7(11-6-12)8-2-4-9(10)5-3-8/h2-7H,1H3,(H,11,12). The van der Waals surface area contributed by atoms with Crippen LogP contribution < -0.4 is 5.32 Å². The lowest BCUT2D eigenvalue weighted by Crippen LogP contribution is -2.15. The monoisotopic (exact) mass is 275 g/mol. The number of rotatable bonds is 3. The van der Waals surface area contributed by atoms with Crippen LogP contribution in [-0.2, 0) is 4.79 Å². The van der Waals surface area contributed by atoms with Gasteiger partial charge < -0.3 is 5.32 Å². The minimum Gasteiger partial charge on any atom is -0.352 e. The molecule has 0 aliphatic rings. The lowest BCUT2D eigenvalue weighted by Gasteiger charge is -2.09. The Balaban J connectivity index is 2.74. The average molecular weight is 275 g/mol. The first kappa shape index (κ1) is 9.51. The second-order valence-electron chi connectivity index (χ2n) is 2.56. The molecule has 0 aliphatic carbocycles. The first-order valence-corrected chi connectivity index (χ1v) is 4.77. The average Bonchev–Trinajstić information content (AvgIpc) is 2.06. The number of benzene rings is 1. The number of nitrogens with one attached hydrogen (secondary N) is 1. The number of carbonyl (C=O) groups is 1. The summed E-state index contributed by atoms with van der Waals surface area (Å²) in [5.74, 6) is 0. The van der Waals surface area contributed by atoms with Gasteiger partial charge in [-0.3, -0.25) is 4.79 Å². The van der Waals surface area contributed by atoms with E-state index in [1.165, 1.54) is 3.57 Å². The normalized spacial score (nSPS) is 12.2. The van der Waals surface area contributed by atoms with Crippen molar-refractivity contribution in [3.63, 3.8) is 0 Å². The van der Waals surface area contributed by atoms with Gasteiger partial charge in [-0.05, 0) is 47.2 Å². The lowest BCUT2D eigenvalue weighted by molar-refractivity contribution is -0.110. The van der Waals surface area contributed by atoms with Crippen molar-refractivity contribution in [1.29, 1.82) is 0 Å². The van der Waals surface area contributed by atoms with Crippen molar-refractivity contribution in [2.45, 2.75) is 13.0 Å². The molecule has 0 bridgehead atoms. The van der Waals surface area contributed by atoms with Crippen molar-refractivity contribution in [2.24, 2.45) is 0 Å². The number of halogens is 1. The van der Waals surface area contributed by atoms with Crippen LogP contribution in [0.15, 0.2) is 24.3 Å². The number of carbonyl (C=O) groups excluding carboxylic acids is 1. The molecular formula is C9H10INO. The highest BCUT2D eigenvalue weighted by Crippen LogP contribution is 2.13. The minimum atomic E-state index is 0.0968. The third kappa shape index (κ3) is 2.48. The van der Waals surface area contributed by atoms with Gasteiger partial charge in [0.1, 0.15) is 0 Å². The SMILES string of the molecule is CC(NC=O)c1ccc(I)cc1. The molecule has 1 unspecified atom stereocenters. The topological polar surface area (TPSA) is 29.1 Å². The van der Waals surface area contributed by atoms with Crippen LogP contribution in [0.2, 0.25) is 0 Å². The van der Waals surface area contributed by atoms with E-state index in [9.17, 15) is 4.79 Å². The Morgan fingerprint density at radius 2 is 2.00 bits per heavy atom. The van der Waals surface area contributed by atoms with Gasteiger partial charge in [0.05, 0.1) is 6.04 Å². The highest BCUT2D eigenvalue weighted by Gasteiger charge is 2.01. The maximum Gasteiger partial charge on any atom is 0.207 e. The Morgan fingerprint density at radius 3 is 2.50 bits per heavy atom. The molecule has 0 aromatic heterocycles. The van der Waals surface area contributed by atoms with E-state index in [2.05, 4.69) is 27.9 Å². The summed E-state index contributed by atoms with van der Waals surface area (Å²) in [6.45, 7) is 1.95. The van der Waals surface area contributed by atoms with E-state index in [-0.39, 0.29) is 6.04 Å². The third-order valence-electron chi connectivity index (χ3n) is 1.69. The van der Waals surface area contributed by atoms with E-state index in [0.717, 1.165) is 12.0 Å². The summed E-state index contributed by atoms with van der Waals surface area (Å²) in [4.78, 5) is 10.1. The summed E-state index contributed by atoms with van der Waals surface area (Å²) in [6.07, 6.45) is 0.725. The second-order valence-corrected chi connectivity index (χ2v) is 3.80. The van der Waals surface area contributed by atoms with Crippen LogP contribution in [0.5, 0.6) is 0 Å². The van der Waals surface area contributed by atoms with Gasteiger partial charge in [0.15, 0.2) is 0 Å². The smallest absolute Gasteiger partial charge is 0.207 e. The maximum atomic E-state index is 10.1. The van der Waals surface area contributed by atoms with Crippen LogP contribution in [0.25, 0.3) is 0 Å². The molecule has 0 aliphatic heterocycles. The van der Waals surface area contributed by atoms with Gasteiger partial charge in [0.2, 0.25) is 6.41 Å². The summed E-state index contributed by atoms with van der Waals surface area (Å²) in [5, 5.41) is 2.70. The molecule has 2 nitrogen and oxygen atoms in total. The summed E-state index contributed by atoms with van der Waals surface area (Å²) >= 11 is 2.25. The molecule has 12 heavy (non-hydrogen) atoms. The Bertz CT molecular complexity index is 258. The number of hydrogen-bond acceptors (Lipinski definition) is 1. The van der Waals surface area contributed by atoms with Crippen molar-refractivity contribution < 1.29 is 4.79 Å². The van der Waals surface area contributed by atoms with E-state index < -0.39 is 0 Å². The third-order valence-corrected chi connectivity index (χ3v) is 2.41. The van der Waals surface area contributed by atoms with E-state index in [0.29, 0.717) is 0 Å². The fourth-order valence-corrected chi connectivity index (χ4v) is 1.31. The zero-order valence-corrected chi connectivity index (χ0v) is 8.91. The molecule has 1 rings (SSSR count). The Kier molecular flexibility index (Phi) is 3.52. The van der Waals surface area contributed by atoms with Crippen LogP contribution >= 0.6 is 22.6 Å². The van der Waals surface area contributed by atoms with Gasteiger partial charge in [0, 0.05) is 3.57 Å². The van der Waals surface area contributed by atoms with Crippen LogP contribution in [-0.4, -0.2) is 6.41 Å². The van der Waals surface area contributed by atoms with E-state index in [4.69, 9.17) is 0 Å². The molecule has 1 amide bonds. The summed E-state index contributed by atoms with van der Waals surface area (Å²) in [6, 6.07) is 8.18. The zero-order valence-electron chi connectivity index (χ0n) is 6.75. The molecule has 1 aromatic rings. The lowest BCUT2D eigenvalue weighted by atomic mass is 10.1. The summed E-state index contributed by atoms with van der Waals surface area (Å²) in [5.41, 5.74) is 1.13. The summed E-state index contributed by atoms with van der Waals surface area (Å²) in [7, 11) is 0. The minimum absolute atomic E-state index is 0.0968. The van der Waals surface area contributed by atoms with E-state index in [1.807, 2.05) is 31.2 Å². The van der Waals surface area contributed by atoms with Crippen molar-refractivity contribution in [2.75, 3.05) is 0 Å². The molecule has 0 spiro atoms. The van der Waals surface area contributed by atoms with Gasteiger partial charge in [-0.25, -0.2) is 0 Å². The van der Waals surface area contributed by atoms with Crippen molar-refractivity contribution >= 4 is 29.0 Å². The largest absolute Gasteiger partial charge is 0.352 e. The van der Waals surface area contributed by atoms with Crippen LogP contribution in [0.1, 0.15) is 18.5 Å². The second kappa shape index (κ2) is 4.45. The molecule has 1 aromatic carbocycles. The molecule has 0 fully saturated rings. The van der Waals surface area contributed by atoms with Gasteiger partial charge in [0.25, 0.3) is 0 Å². The Labute approximate surface area is 85.5 Å². The molecule has 0 saturated carbocycles. The van der Waals surface area contributed by atoms with Gasteiger partial charge >= 0.3 is 0 Å². The predicted octanol–water partition coefficient (Wildman–Crippen LogP) is 2.10. The zero-order chi connectivity index (χ0) is 8.97. The van der Waals surface area contributed by atoms with Crippen molar-refractivity contribution in [1.82, 2.24) is 5.32 Å². The van der Waals surface area contributed by atoms with Gasteiger partial charge in [-0.15, -0.1) is 0 Å². The van der Waals surface area contributed by atoms with E-state index >= 15 is 0 Å². The van der Waals surface area contributed by atoms with Crippen LogP contribution in [0, 0.1) is 3.57 Å². The first-order chi connectivity index (χ1) is 5.74. The van der Waals surface area contributed by atoms with Crippen LogP contribution in [0.3, 0.4) is 0 Å². The number of hydrogen-bond donors (Lipinski definition) is 1. The van der Waals surface area contributed by atoms with E-state index in [1.54, 1.807) is 0 Å². The number of amides is 1. The van der Waals surface area contributed by atoms with Gasteiger partial charge in [-0.1, -0.05) is 12.1 Å².